The first-order valence-electron chi connectivity index (χ1n) is 9.33. The fourth-order valence-electron chi connectivity index (χ4n) is 3.13. The molecule has 0 aliphatic carbocycles. The van der Waals surface area contributed by atoms with Crippen molar-refractivity contribution in [3.05, 3.63) is 17.8 Å². The zero-order valence-electron chi connectivity index (χ0n) is 17.3. The molecule has 1 saturated heterocycles. The van der Waals surface area contributed by atoms with Crippen LogP contribution in [-0.4, -0.2) is 84.8 Å². The van der Waals surface area contributed by atoms with Crippen LogP contribution >= 0.6 is 10.0 Å². The molecule has 3 heterocycles. The highest BCUT2D eigenvalue weighted by atomic mass is 32.3. The lowest BCUT2D eigenvalue weighted by Gasteiger charge is -2.34. The molecule has 2 aromatic heterocycles. The average molecular weight is 411 g/mol. The van der Waals surface area contributed by atoms with Crippen molar-refractivity contribution in [3.8, 4) is 0 Å². The zero-order chi connectivity index (χ0) is 20.3. The van der Waals surface area contributed by atoms with E-state index in [1.54, 1.807) is 16.9 Å². The number of methoxy groups -OCH3 is 1. The average Bonchev–Trinajstić information content (AvgIpc) is 3.06. The smallest absolute Gasteiger partial charge is 0.340 e. The van der Waals surface area contributed by atoms with Crippen LogP contribution in [0.3, 0.4) is 0 Å². The first kappa shape index (κ1) is 20.9. The van der Waals surface area contributed by atoms with E-state index in [1.165, 1.54) is 7.11 Å². The van der Waals surface area contributed by atoms with Gasteiger partial charge < -0.3 is 19.1 Å². The van der Waals surface area contributed by atoms with E-state index < -0.39 is 16.0 Å². The van der Waals surface area contributed by atoms with Crippen molar-refractivity contribution >= 4 is 32.8 Å². The summed E-state index contributed by atoms with van der Waals surface area (Å²) < 4.78 is 18.0. The molecule has 1 aliphatic heterocycles. The summed E-state index contributed by atoms with van der Waals surface area (Å²) in [6.07, 6.45) is 8.45. The fraction of sp³-hybridized carbons (Fsp3) is 0.632. The summed E-state index contributed by atoms with van der Waals surface area (Å²) in [5, 5.41) is 4.40. The number of esters is 1. The Kier molecular flexibility index (Phi) is 6.47. The van der Waals surface area contributed by atoms with E-state index in [0.29, 0.717) is 36.4 Å². The number of carbonyl (C=O) groups excluding carboxylic acids is 1. The third-order valence-electron chi connectivity index (χ3n) is 4.70. The molecule has 1 aliphatic rings. The minimum atomic E-state index is -0.613. The Labute approximate surface area is 167 Å². The number of pyridine rings is 1. The van der Waals surface area contributed by atoms with Crippen LogP contribution in [0.1, 0.15) is 17.3 Å². The van der Waals surface area contributed by atoms with Crippen molar-refractivity contribution in [3.63, 3.8) is 0 Å². The van der Waals surface area contributed by atoms with Gasteiger partial charge in [0.05, 0.1) is 44.7 Å². The number of fused-ring (bicyclic) bond motifs is 1. The van der Waals surface area contributed by atoms with Crippen molar-refractivity contribution in [2.24, 2.45) is 0 Å². The summed E-state index contributed by atoms with van der Waals surface area (Å²) in [4.78, 5) is 19.4. The SMILES string of the molecule is COC(=O)c1cc(N2CCOC[C@H]2C)nc2cnn(COCCS(C)(C)C)c12. The number of aromatic nitrogens is 3. The molecule has 0 saturated carbocycles. The monoisotopic (exact) mass is 410 g/mol. The molecule has 1 fully saturated rings. The summed E-state index contributed by atoms with van der Waals surface area (Å²) in [6.45, 7) is 5.02. The molecule has 28 heavy (non-hydrogen) atoms. The number of morpholine rings is 1. The molecule has 0 amide bonds. The normalized spacial score (nSPS) is 18.5. The van der Waals surface area contributed by atoms with Crippen molar-refractivity contribution in [2.75, 3.05) is 62.9 Å². The van der Waals surface area contributed by atoms with Gasteiger partial charge in [-0.25, -0.2) is 24.5 Å². The summed E-state index contributed by atoms with van der Waals surface area (Å²) in [7, 11) is 0.770. The van der Waals surface area contributed by atoms with E-state index in [0.717, 1.165) is 18.1 Å². The van der Waals surface area contributed by atoms with E-state index >= 15 is 0 Å². The van der Waals surface area contributed by atoms with Crippen LogP contribution in [0.25, 0.3) is 11.0 Å². The molecular formula is C19H30N4O4S. The van der Waals surface area contributed by atoms with Gasteiger partial charge in [-0.3, -0.25) is 0 Å². The predicted molar refractivity (Wildman–Crippen MR) is 113 cm³/mol. The van der Waals surface area contributed by atoms with Crippen LogP contribution in [0.5, 0.6) is 0 Å². The van der Waals surface area contributed by atoms with Crippen molar-refractivity contribution in [1.29, 1.82) is 0 Å². The van der Waals surface area contributed by atoms with Crippen molar-refractivity contribution in [1.82, 2.24) is 14.8 Å². The number of anilines is 1. The molecule has 0 unspecified atom stereocenters. The van der Waals surface area contributed by atoms with E-state index in [-0.39, 0.29) is 12.8 Å². The van der Waals surface area contributed by atoms with E-state index in [1.807, 2.05) is 0 Å². The van der Waals surface area contributed by atoms with Crippen molar-refractivity contribution in [2.45, 2.75) is 19.7 Å². The maximum Gasteiger partial charge on any atom is 0.340 e. The molecule has 3 rings (SSSR count). The van der Waals surface area contributed by atoms with Crippen molar-refractivity contribution < 1.29 is 19.0 Å². The van der Waals surface area contributed by atoms with Crippen LogP contribution in [-0.2, 0) is 20.9 Å². The van der Waals surface area contributed by atoms with Gasteiger partial charge in [-0.15, -0.1) is 0 Å². The third-order valence-corrected chi connectivity index (χ3v) is 6.10. The van der Waals surface area contributed by atoms with Gasteiger partial charge in [-0.1, -0.05) is 0 Å². The van der Waals surface area contributed by atoms with E-state index in [9.17, 15) is 4.79 Å². The van der Waals surface area contributed by atoms with E-state index in [4.69, 9.17) is 19.2 Å². The number of hydrogen-bond donors (Lipinski definition) is 0. The Balaban J connectivity index is 1.89. The number of ether oxygens (including phenoxy) is 3. The van der Waals surface area contributed by atoms with Gasteiger partial charge in [0, 0.05) is 12.3 Å². The zero-order valence-corrected chi connectivity index (χ0v) is 18.1. The largest absolute Gasteiger partial charge is 0.465 e. The van der Waals surface area contributed by atoms with Crippen LogP contribution in [0.15, 0.2) is 12.3 Å². The Bertz CT molecular complexity index is 833. The van der Waals surface area contributed by atoms with Gasteiger partial charge in [-0.05, 0) is 31.8 Å². The first-order valence-corrected chi connectivity index (χ1v) is 12.4. The van der Waals surface area contributed by atoms with Gasteiger partial charge in [-0.2, -0.15) is 5.10 Å². The Morgan fingerprint density at radius 3 is 2.86 bits per heavy atom. The van der Waals surface area contributed by atoms with Gasteiger partial charge in [0.2, 0.25) is 0 Å². The number of hydrogen-bond acceptors (Lipinski definition) is 7. The standard InChI is InChI=1S/C19H30N4O4S/c1-14-12-26-7-6-22(14)17-10-15(19(24)25-2)18-16(21-17)11-20-23(18)13-27-8-9-28(3,4)5/h10-11,14H,6-9,12-13H2,1-5H3/t14-/m1/s1. The second-order valence-electron chi connectivity index (χ2n) is 7.85. The second-order valence-corrected chi connectivity index (χ2v) is 12.4. The van der Waals surface area contributed by atoms with Gasteiger partial charge in [0.15, 0.2) is 0 Å². The quantitative estimate of drug-likeness (QED) is 0.511. The third kappa shape index (κ3) is 4.76. The minimum Gasteiger partial charge on any atom is -0.465 e. The minimum absolute atomic E-state index is 0.183. The fourth-order valence-corrected chi connectivity index (χ4v) is 3.74. The highest BCUT2D eigenvalue weighted by molar-refractivity contribution is 8.32. The summed E-state index contributed by atoms with van der Waals surface area (Å²) >= 11 is 0. The predicted octanol–water partition coefficient (Wildman–Crippen LogP) is 2.11. The number of rotatable bonds is 7. The lowest BCUT2D eigenvalue weighted by Crippen LogP contribution is -2.44. The molecule has 0 aromatic carbocycles. The molecule has 0 bridgehead atoms. The molecular weight excluding hydrogens is 380 g/mol. The summed E-state index contributed by atoms with van der Waals surface area (Å²) in [5.74, 6) is 1.35. The molecule has 9 heteroatoms. The Hall–Kier alpha value is -1.84. The molecule has 0 radical (unpaired) electrons. The maximum absolute atomic E-state index is 12.5. The molecule has 2 aromatic rings. The summed E-state index contributed by atoms with van der Waals surface area (Å²) in [5.41, 5.74) is 1.74. The lowest BCUT2D eigenvalue weighted by molar-refractivity contribution is 0.0599. The summed E-state index contributed by atoms with van der Waals surface area (Å²) in [6, 6.07) is 1.97. The van der Waals surface area contributed by atoms with E-state index in [2.05, 4.69) is 35.7 Å². The molecule has 8 nitrogen and oxygen atoms in total. The van der Waals surface area contributed by atoms with Gasteiger partial charge in [0.25, 0.3) is 0 Å². The molecule has 1 atom stereocenters. The highest BCUT2D eigenvalue weighted by Crippen LogP contribution is 2.33. The molecule has 156 valence electrons. The van der Waals surface area contributed by atoms with Crippen LogP contribution in [0.4, 0.5) is 5.82 Å². The van der Waals surface area contributed by atoms with Gasteiger partial charge in [0.1, 0.15) is 23.6 Å². The Morgan fingerprint density at radius 2 is 2.18 bits per heavy atom. The highest BCUT2D eigenvalue weighted by Gasteiger charge is 2.24. The molecule has 0 N–H and O–H groups in total. The van der Waals surface area contributed by atoms with Crippen LogP contribution < -0.4 is 4.90 Å². The van der Waals surface area contributed by atoms with Gasteiger partial charge >= 0.3 is 5.97 Å². The number of nitrogens with zero attached hydrogens (tertiary/aromatic N) is 4. The number of carbonyl (C=O) groups is 1. The lowest BCUT2D eigenvalue weighted by atomic mass is 10.2. The Morgan fingerprint density at radius 1 is 1.39 bits per heavy atom. The molecule has 0 spiro atoms. The van der Waals surface area contributed by atoms with Crippen LogP contribution in [0, 0.1) is 0 Å². The topological polar surface area (TPSA) is 78.7 Å². The maximum atomic E-state index is 12.5. The first-order chi connectivity index (χ1) is 13.3. The second kappa shape index (κ2) is 8.67. The van der Waals surface area contributed by atoms with Crippen LogP contribution in [0.2, 0.25) is 0 Å².